The highest BCUT2D eigenvalue weighted by atomic mass is 32.2. The van der Waals surface area contributed by atoms with Gasteiger partial charge in [-0.05, 0) is 52.3 Å². The van der Waals surface area contributed by atoms with Crippen molar-refractivity contribution in [3.05, 3.63) is 131 Å². The van der Waals surface area contributed by atoms with E-state index in [0.29, 0.717) is 17.3 Å². The Labute approximate surface area is 280 Å². The maximum absolute atomic E-state index is 11.8. The van der Waals surface area contributed by atoms with E-state index in [4.69, 9.17) is 28.4 Å². The molecule has 0 aliphatic carbocycles. The molecule has 0 unspecified atom stereocenters. The molecule has 4 aromatic rings. The van der Waals surface area contributed by atoms with Crippen molar-refractivity contribution >= 4 is 17.7 Å². The van der Waals surface area contributed by atoms with Gasteiger partial charge in [0.05, 0.1) is 27.4 Å². The molecule has 0 amide bonds. The number of thioether (sulfide) groups is 1. The molecule has 4 aromatic carbocycles. The number of carbonyl (C=O) groups excluding carboxylic acids is 1. The van der Waals surface area contributed by atoms with E-state index in [2.05, 4.69) is 0 Å². The summed E-state index contributed by atoms with van der Waals surface area (Å²) < 4.78 is 36.7. The number of ether oxygens (including phenoxy) is 6. The van der Waals surface area contributed by atoms with Crippen molar-refractivity contribution in [3.8, 4) is 11.5 Å². The Morgan fingerprint density at radius 2 is 1.36 bits per heavy atom. The average molecular weight is 659 g/mol. The van der Waals surface area contributed by atoms with Gasteiger partial charge in [0.15, 0.2) is 4.93 Å². The second kappa shape index (κ2) is 15.8. The van der Waals surface area contributed by atoms with Gasteiger partial charge in [-0.3, -0.25) is 4.79 Å². The van der Waals surface area contributed by atoms with E-state index in [9.17, 15) is 9.90 Å². The lowest BCUT2D eigenvalue weighted by atomic mass is 9.80. The third kappa shape index (κ3) is 7.66. The summed E-state index contributed by atoms with van der Waals surface area (Å²) in [7, 11) is 3.27. The molecule has 248 valence electrons. The minimum atomic E-state index is -1.16. The highest BCUT2D eigenvalue weighted by Crippen LogP contribution is 2.47. The average Bonchev–Trinajstić information content (AvgIpc) is 3.37. The monoisotopic (exact) mass is 658 g/mol. The van der Waals surface area contributed by atoms with Crippen LogP contribution in [0.3, 0.4) is 0 Å². The van der Waals surface area contributed by atoms with Crippen molar-refractivity contribution in [2.75, 3.05) is 33.2 Å². The predicted octanol–water partition coefficient (Wildman–Crippen LogP) is 6.37. The molecular formula is C38H42O8S. The van der Waals surface area contributed by atoms with Gasteiger partial charge >= 0.3 is 5.97 Å². The second-order valence-corrected chi connectivity index (χ2v) is 12.8. The van der Waals surface area contributed by atoms with Crippen molar-refractivity contribution < 1.29 is 38.3 Å². The summed E-state index contributed by atoms with van der Waals surface area (Å²) in [6.07, 6.45) is -2.72. The van der Waals surface area contributed by atoms with Crippen LogP contribution in [0.5, 0.6) is 11.5 Å². The molecule has 0 bridgehead atoms. The Morgan fingerprint density at radius 1 is 0.830 bits per heavy atom. The number of hydrogen-bond donors (Lipinski definition) is 1. The van der Waals surface area contributed by atoms with Crippen molar-refractivity contribution in [1.29, 1.82) is 0 Å². The first kappa shape index (κ1) is 34.5. The van der Waals surface area contributed by atoms with Crippen LogP contribution in [0.2, 0.25) is 0 Å². The Kier molecular flexibility index (Phi) is 11.6. The minimum absolute atomic E-state index is 0.0194. The Morgan fingerprint density at radius 3 is 1.87 bits per heavy atom. The van der Waals surface area contributed by atoms with Gasteiger partial charge in [-0.1, -0.05) is 91.9 Å². The summed E-state index contributed by atoms with van der Waals surface area (Å²) in [5.41, 5.74) is 2.46. The maximum atomic E-state index is 11.8. The second-order valence-electron chi connectivity index (χ2n) is 11.2. The van der Waals surface area contributed by atoms with Gasteiger partial charge in [0.1, 0.15) is 42.0 Å². The fourth-order valence-corrected chi connectivity index (χ4v) is 7.16. The molecule has 1 saturated heterocycles. The SMILES string of the molecule is CCS[C@]1(COC(c2ccccc2)(c2ccc(OC)cc2)c2ccc(OC)cc2)O[C@H](COC(C)=O)[C@@H](O)[C@@H]1OCc1ccccc1. The molecule has 0 aromatic heterocycles. The van der Waals surface area contributed by atoms with E-state index in [1.807, 2.05) is 116 Å². The minimum Gasteiger partial charge on any atom is -0.497 e. The lowest BCUT2D eigenvalue weighted by Gasteiger charge is -2.41. The van der Waals surface area contributed by atoms with Crippen LogP contribution >= 0.6 is 11.8 Å². The van der Waals surface area contributed by atoms with Crippen LogP contribution in [0.25, 0.3) is 0 Å². The summed E-state index contributed by atoms with van der Waals surface area (Å²) in [6.45, 7) is 3.51. The van der Waals surface area contributed by atoms with Crippen LogP contribution < -0.4 is 9.47 Å². The van der Waals surface area contributed by atoms with Crippen LogP contribution in [-0.2, 0) is 35.9 Å². The Bertz CT molecular complexity index is 1500. The van der Waals surface area contributed by atoms with Crippen molar-refractivity contribution in [2.45, 2.75) is 49.3 Å². The molecule has 0 radical (unpaired) electrons. The zero-order valence-corrected chi connectivity index (χ0v) is 28.0. The topological polar surface area (TPSA) is 92.7 Å². The largest absolute Gasteiger partial charge is 0.497 e. The number of benzene rings is 4. The van der Waals surface area contributed by atoms with Crippen molar-refractivity contribution in [1.82, 2.24) is 0 Å². The number of aliphatic hydroxyl groups is 1. The summed E-state index contributed by atoms with van der Waals surface area (Å²) in [5.74, 6) is 1.62. The van der Waals surface area contributed by atoms with E-state index in [0.717, 1.165) is 22.3 Å². The summed E-state index contributed by atoms with van der Waals surface area (Å²) in [4.78, 5) is 10.6. The molecule has 9 heteroatoms. The van der Waals surface area contributed by atoms with Crippen molar-refractivity contribution in [3.63, 3.8) is 0 Å². The van der Waals surface area contributed by atoms with Crippen LogP contribution in [0.4, 0.5) is 0 Å². The maximum Gasteiger partial charge on any atom is 0.302 e. The molecule has 47 heavy (non-hydrogen) atoms. The smallest absolute Gasteiger partial charge is 0.302 e. The molecule has 4 atom stereocenters. The normalized spacial score (nSPS) is 20.9. The lowest BCUT2D eigenvalue weighted by Crippen LogP contribution is -2.48. The van der Waals surface area contributed by atoms with Gasteiger partial charge in [-0.25, -0.2) is 0 Å². The van der Waals surface area contributed by atoms with Gasteiger partial charge in [0, 0.05) is 6.92 Å². The van der Waals surface area contributed by atoms with Gasteiger partial charge in [0.2, 0.25) is 0 Å². The molecule has 1 heterocycles. The molecule has 1 fully saturated rings. The number of methoxy groups -OCH3 is 2. The number of rotatable bonds is 15. The molecular weight excluding hydrogens is 616 g/mol. The third-order valence-corrected chi connectivity index (χ3v) is 9.47. The van der Waals surface area contributed by atoms with Crippen LogP contribution in [-0.4, -0.2) is 67.5 Å². The standard InChI is InChI=1S/C38H42O8S/c1-5-47-37(36(44-24-28-12-8-6-9-13-28)35(40)34(46-37)25-43-27(2)39)26-45-38(29-14-10-7-11-15-29,30-16-20-32(41-3)21-17-30)31-18-22-33(42-4)23-19-31/h6-23,34-36,40H,5,24-26H2,1-4H3/t34-,35-,36+,37+/m1/s1. The summed E-state index contributed by atoms with van der Waals surface area (Å²) in [6, 6.07) is 35.4. The van der Waals surface area contributed by atoms with Crippen molar-refractivity contribution in [2.24, 2.45) is 0 Å². The molecule has 1 aliphatic rings. The van der Waals surface area contributed by atoms with E-state index in [1.54, 1.807) is 14.2 Å². The van der Waals surface area contributed by atoms with Crippen LogP contribution in [0.15, 0.2) is 109 Å². The number of hydrogen-bond acceptors (Lipinski definition) is 9. The third-order valence-electron chi connectivity index (χ3n) is 8.25. The van der Waals surface area contributed by atoms with E-state index < -0.39 is 34.8 Å². The Hall–Kier alpha value is -3.86. The van der Waals surface area contributed by atoms with Gasteiger partial charge < -0.3 is 33.5 Å². The van der Waals surface area contributed by atoms with E-state index in [1.165, 1.54) is 18.7 Å². The first-order valence-electron chi connectivity index (χ1n) is 15.6. The molecule has 0 spiro atoms. The highest BCUT2D eigenvalue weighted by Gasteiger charge is 2.57. The summed E-state index contributed by atoms with van der Waals surface area (Å²) >= 11 is 1.50. The lowest BCUT2D eigenvalue weighted by molar-refractivity contribution is -0.149. The van der Waals surface area contributed by atoms with Crippen LogP contribution in [0, 0.1) is 0 Å². The quantitative estimate of drug-likeness (QED) is 0.116. The van der Waals surface area contributed by atoms with Gasteiger partial charge in [-0.15, -0.1) is 11.8 Å². The molecule has 1 N–H and O–H groups in total. The number of carbonyl (C=O) groups is 1. The van der Waals surface area contributed by atoms with Gasteiger partial charge in [0.25, 0.3) is 0 Å². The number of aliphatic hydroxyl groups excluding tert-OH is 1. The predicted molar refractivity (Wildman–Crippen MR) is 182 cm³/mol. The van der Waals surface area contributed by atoms with Crippen LogP contribution in [0.1, 0.15) is 36.1 Å². The summed E-state index contributed by atoms with van der Waals surface area (Å²) in [5, 5.41) is 11.7. The number of esters is 1. The fourth-order valence-electron chi connectivity index (χ4n) is 5.97. The molecule has 8 nitrogen and oxygen atoms in total. The molecule has 5 rings (SSSR count). The fraction of sp³-hybridized carbons (Fsp3) is 0.342. The Balaban J connectivity index is 1.61. The van der Waals surface area contributed by atoms with Gasteiger partial charge in [-0.2, -0.15) is 0 Å². The highest BCUT2D eigenvalue weighted by molar-refractivity contribution is 8.00. The zero-order chi connectivity index (χ0) is 33.3. The van der Waals surface area contributed by atoms with E-state index >= 15 is 0 Å². The molecule has 0 saturated carbocycles. The first-order chi connectivity index (χ1) is 22.8. The zero-order valence-electron chi connectivity index (χ0n) is 27.2. The first-order valence-corrected chi connectivity index (χ1v) is 16.6. The van der Waals surface area contributed by atoms with E-state index in [-0.39, 0.29) is 19.8 Å². The molecule has 1 aliphatic heterocycles.